The van der Waals surface area contributed by atoms with Gasteiger partial charge in [-0.25, -0.2) is 9.97 Å². The predicted molar refractivity (Wildman–Crippen MR) is 122 cm³/mol. The molecule has 0 radical (unpaired) electrons. The Labute approximate surface area is 185 Å². The molecule has 0 spiro atoms. The van der Waals surface area contributed by atoms with Crippen LogP contribution in [0.5, 0.6) is 11.5 Å². The lowest BCUT2D eigenvalue weighted by molar-refractivity contribution is 0.260. The average Bonchev–Trinajstić information content (AvgIpc) is 3.18. The third-order valence-corrected chi connectivity index (χ3v) is 5.37. The Morgan fingerprint density at radius 2 is 1.75 bits per heavy atom. The molecule has 0 saturated carbocycles. The van der Waals surface area contributed by atoms with Crippen molar-refractivity contribution in [2.75, 3.05) is 20.8 Å². The van der Waals surface area contributed by atoms with Crippen LogP contribution in [-0.2, 0) is 13.1 Å². The molecule has 1 N–H and O–H groups in total. The van der Waals surface area contributed by atoms with Gasteiger partial charge in [0.05, 0.1) is 37.4 Å². The van der Waals surface area contributed by atoms with Crippen molar-refractivity contribution >= 4 is 10.9 Å². The molecule has 0 bridgehead atoms. The quantitative estimate of drug-likeness (QED) is 0.449. The lowest BCUT2D eigenvalue weighted by Gasteiger charge is -2.19. The van der Waals surface area contributed by atoms with Crippen LogP contribution in [0.25, 0.3) is 22.4 Å². The Kier molecular flexibility index (Phi) is 6.23. The van der Waals surface area contributed by atoms with Crippen molar-refractivity contribution in [2.45, 2.75) is 26.9 Å². The number of H-pyrrole nitrogens is 1. The Balaban J connectivity index is 1.59. The summed E-state index contributed by atoms with van der Waals surface area (Å²) >= 11 is 0. The second kappa shape index (κ2) is 9.23. The Bertz CT molecular complexity index is 1280. The molecule has 2 aromatic heterocycles. The first-order valence-electron chi connectivity index (χ1n) is 10.4. The number of rotatable bonds is 8. The molecule has 0 saturated heterocycles. The molecule has 8 heteroatoms. The number of benzene rings is 2. The van der Waals surface area contributed by atoms with E-state index in [2.05, 4.69) is 26.8 Å². The molecule has 166 valence electrons. The number of hydrogen-bond acceptors (Lipinski definition) is 7. The first kappa shape index (κ1) is 21.6. The maximum absolute atomic E-state index is 12.7. The van der Waals surface area contributed by atoms with Gasteiger partial charge in [0.25, 0.3) is 5.56 Å². The number of methoxy groups -OCH3 is 2. The van der Waals surface area contributed by atoms with E-state index in [4.69, 9.17) is 13.9 Å². The fourth-order valence-corrected chi connectivity index (χ4v) is 3.57. The largest absolute Gasteiger partial charge is 0.493 e. The summed E-state index contributed by atoms with van der Waals surface area (Å²) in [6.45, 7) is 5.76. The number of oxazole rings is 1. The highest BCUT2D eigenvalue weighted by atomic mass is 16.5. The molecule has 32 heavy (non-hydrogen) atoms. The van der Waals surface area contributed by atoms with Gasteiger partial charge in [0.1, 0.15) is 11.6 Å². The van der Waals surface area contributed by atoms with Crippen LogP contribution in [0.2, 0.25) is 0 Å². The summed E-state index contributed by atoms with van der Waals surface area (Å²) in [5.74, 6) is 2.97. The molecule has 4 rings (SSSR count). The highest BCUT2D eigenvalue weighted by Gasteiger charge is 2.16. The zero-order valence-corrected chi connectivity index (χ0v) is 18.6. The van der Waals surface area contributed by atoms with Crippen LogP contribution in [0.3, 0.4) is 0 Å². The molecular formula is C24H26N4O4. The van der Waals surface area contributed by atoms with E-state index < -0.39 is 0 Å². The molecule has 2 aromatic carbocycles. The molecule has 0 atom stereocenters. The van der Waals surface area contributed by atoms with E-state index in [1.807, 2.05) is 37.3 Å². The van der Waals surface area contributed by atoms with Crippen LogP contribution in [0, 0.1) is 6.92 Å². The second-order valence-electron chi connectivity index (χ2n) is 7.43. The Morgan fingerprint density at radius 1 is 1.03 bits per heavy atom. The van der Waals surface area contributed by atoms with Gasteiger partial charge in [0.2, 0.25) is 5.89 Å². The van der Waals surface area contributed by atoms with Crippen molar-refractivity contribution < 1.29 is 13.9 Å². The number of aryl methyl sites for hydroxylation is 1. The first-order valence-corrected chi connectivity index (χ1v) is 10.4. The highest BCUT2D eigenvalue weighted by Crippen LogP contribution is 2.30. The van der Waals surface area contributed by atoms with E-state index in [1.165, 1.54) is 7.11 Å². The molecule has 4 aromatic rings. The van der Waals surface area contributed by atoms with Crippen LogP contribution >= 0.6 is 0 Å². The van der Waals surface area contributed by atoms with Crippen molar-refractivity contribution in [1.82, 2.24) is 19.9 Å². The molecule has 0 unspecified atom stereocenters. The standard InChI is InChI=1S/C24H26N4O4/c1-5-28(13-19-15(2)32-24(26-19)16-9-7-6-8-10-16)14-22-25-18-12-21(31-4)20(30-3)11-17(18)23(29)27-22/h6-12H,5,13-14H2,1-4H3,(H,25,27,29). The summed E-state index contributed by atoms with van der Waals surface area (Å²) in [4.78, 5) is 27.0. The molecule has 0 aliphatic rings. The van der Waals surface area contributed by atoms with Gasteiger partial charge in [0.15, 0.2) is 11.5 Å². The zero-order chi connectivity index (χ0) is 22.7. The Morgan fingerprint density at radius 3 is 2.44 bits per heavy atom. The average molecular weight is 434 g/mol. The SMILES string of the molecule is CCN(Cc1nc2cc(OC)c(OC)cc2c(=O)[nH]1)Cc1nc(-c2ccccc2)oc1C. The van der Waals surface area contributed by atoms with Crippen LogP contribution in [0.4, 0.5) is 0 Å². The van der Waals surface area contributed by atoms with E-state index >= 15 is 0 Å². The van der Waals surface area contributed by atoms with Crippen molar-refractivity contribution in [3.05, 3.63) is 70.1 Å². The van der Waals surface area contributed by atoms with Crippen molar-refractivity contribution in [2.24, 2.45) is 0 Å². The molecule has 0 amide bonds. The van der Waals surface area contributed by atoms with E-state index in [1.54, 1.807) is 19.2 Å². The van der Waals surface area contributed by atoms with Crippen molar-refractivity contribution in [3.8, 4) is 23.0 Å². The number of nitrogens with zero attached hydrogens (tertiary/aromatic N) is 3. The summed E-state index contributed by atoms with van der Waals surface area (Å²) in [6, 6.07) is 13.2. The summed E-state index contributed by atoms with van der Waals surface area (Å²) in [7, 11) is 3.09. The molecule has 2 heterocycles. The number of aromatic amines is 1. The topological polar surface area (TPSA) is 93.5 Å². The number of hydrogen-bond donors (Lipinski definition) is 1. The minimum Gasteiger partial charge on any atom is -0.493 e. The summed E-state index contributed by atoms with van der Waals surface area (Å²) < 4.78 is 16.5. The van der Waals surface area contributed by atoms with Crippen molar-refractivity contribution in [1.29, 1.82) is 0 Å². The normalized spacial score (nSPS) is 11.3. The van der Waals surface area contributed by atoms with Gasteiger partial charge in [-0.05, 0) is 31.7 Å². The molecule has 0 fully saturated rings. The molecule has 0 aliphatic carbocycles. The fourth-order valence-electron chi connectivity index (χ4n) is 3.57. The van der Waals surface area contributed by atoms with E-state index in [0.29, 0.717) is 47.2 Å². The number of nitrogens with one attached hydrogen (secondary N) is 1. The smallest absolute Gasteiger partial charge is 0.258 e. The van der Waals surface area contributed by atoms with Crippen LogP contribution < -0.4 is 15.0 Å². The van der Waals surface area contributed by atoms with Crippen LogP contribution in [0.15, 0.2) is 51.7 Å². The second-order valence-corrected chi connectivity index (χ2v) is 7.43. The summed E-state index contributed by atoms with van der Waals surface area (Å²) in [5.41, 5.74) is 2.14. The van der Waals surface area contributed by atoms with Crippen LogP contribution in [0.1, 0.15) is 24.2 Å². The first-order chi connectivity index (χ1) is 15.5. The van der Waals surface area contributed by atoms with E-state index in [-0.39, 0.29) is 5.56 Å². The van der Waals surface area contributed by atoms with Gasteiger partial charge >= 0.3 is 0 Å². The maximum atomic E-state index is 12.7. The minimum atomic E-state index is -0.217. The van der Waals surface area contributed by atoms with Gasteiger partial charge in [-0.2, -0.15) is 0 Å². The van der Waals surface area contributed by atoms with E-state index in [9.17, 15) is 4.79 Å². The molecule has 8 nitrogen and oxygen atoms in total. The number of fused-ring (bicyclic) bond motifs is 1. The summed E-state index contributed by atoms with van der Waals surface area (Å²) in [6.07, 6.45) is 0. The lowest BCUT2D eigenvalue weighted by Crippen LogP contribution is -2.26. The van der Waals surface area contributed by atoms with Gasteiger partial charge < -0.3 is 18.9 Å². The van der Waals surface area contributed by atoms with Crippen LogP contribution in [-0.4, -0.2) is 40.6 Å². The number of aromatic nitrogens is 3. The third kappa shape index (κ3) is 4.36. The third-order valence-electron chi connectivity index (χ3n) is 5.37. The lowest BCUT2D eigenvalue weighted by atomic mass is 10.2. The predicted octanol–water partition coefficient (Wildman–Crippen LogP) is 3.93. The van der Waals surface area contributed by atoms with E-state index in [0.717, 1.165) is 23.6 Å². The summed E-state index contributed by atoms with van der Waals surface area (Å²) in [5, 5.41) is 0.453. The van der Waals surface area contributed by atoms with Gasteiger partial charge in [-0.1, -0.05) is 25.1 Å². The van der Waals surface area contributed by atoms with Gasteiger partial charge in [-0.3, -0.25) is 9.69 Å². The minimum absolute atomic E-state index is 0.217. The highest BCUT2D eigenvalue weighted by molar-refractivity contribution is 5.81. The molecular weight excluding hydrogens is 408 g/mol. The van der Waals surface area contributed by atoms with Crippen molar-refractivity contribution in [3.63, 3.8) is 0 Å². The fraction of sp³-hybridized carbons (Fsp3) is 0.292. The maximum Gasteiger partial charge on any atom is 0.258 e. The Hall–Kier alpha value is -3.65. The molecule has 0 aliphatic heterocycles. The zero-order valence-electron chi connectivity index (χ0n) is 18.6. The van der Waals surface area contributed by atoms with Gasteiger partial charge in [-0.15, -0.1) is 0 Å². The number of ether oxygens (including phenoxy) is 2. The van der Waals surface area contributed by atoms with Gasteiger partial charge in [0, 0.05) is 18.2 Å². The monoisotopic (exact) mass is 434 g/mol.